The largest absolute Gasteiger partial charge is 0.395 e. The maximum Gasteiger partial charge on any atom is 0.334 e. The lowest BCUT2D eigenvalue weighted by Crippen LogP contribution is -2.55. The van der Waals surface area contributed by atoms with Crippen LogP contribution in [0, 0.1) is 5.41 Å². The fraction of sp³-hybridized carbons (Fsp3) is 1.00. The van der Waals surface area contributed by atoms with E-state index in [9.17, 15) is 20.4 Å². The summed E-state index contributed by atoms with van der Waals surface area (Å²) in [5.41, 5.74) is -2.44. The summed E-state index contributed by atoms with van der Waals surface area (Å²) in [6.07, 6.45) is 43.0. The van der Waals surface area contributed by atoms with E-state index in [1.807, 2.05) is 0 Å². The summed E-state index contributed by atoms with van der Waals surface area (Å²) in [5, 5.41) is 42.0. The lowest BCUT2D eigenvalue weighted by Gasteiger charge is -2.44. The molecular formula is C41H91O12P3. The van der Waals surface area contributed by atoms with Crippen molar-refractivity contribution in [1.82, 2.24) is 0 Å². The van der Waals surface area contributed by atoms with Gasteiger partial charge in [-0.25, -0.2) is 4.31 Å². The highest BCUT2D eigenvalue weighted by Crippen LogP contribution is 2.42. The van der Waals surface area contributed by atoms with Crippen LogP contribution in [0.2, 0.25) is 0 Å². The third-order valence-electron chi connectivity index (χ3n) is 10.9. The standard InChI is InChI=1S/C41H84O4.H4O5P2.H3O3P/c1-3-5-7-9-11-13-15-17-19-21-23-25-27-29-31-33-35-41(45,40(37-42,38-43)39-44)36-34-32-30-28-26-24-22-20-18-16-14-12-10-8-6-4-2;1-6(2)5-7(3)4;1-4(2)3/h42-45H,3-39H2,1-2H3;1-4H;1-3H. The highest BCUT2D eigenvalue weighted by Gasteiger charge is 2.48. The molecule has 0 aromatic heterocycles. The number of unbranched alkanes of at least 4 members (excludes halogenated alkanes) is 30. The molecule has 0 fully saturated rings. The SMILES string of the molecule is CCCCCCCCCCCCCCCCCCC(O)(CCCCCCCCCCCCCCCCCC)C(CO)(CO)CO.OP(O)O.OP(O)OP(O)O. The number of aliphatic hydroxyl groups is 4. The molecule has 342 valence electrons. The van der Waals surface area contributed by atoms with E-state index in [-0.39, 0.29) is 19.8 Å². The first-order valence-electron chi connectivity index (χ1n) is 22.4. The summed E-state index contributed by atoms with van der Waals surface area (Å²) in [4.78, 5) is 53.0. The van der Waals surface area contributed by atoms with Gasteiger partial charge in [-0.1, -0.05) is 219 Å². The first kappa shape index (κ1) is 61.1. The predicted molar refractivity (Wildman–Crippen MR) is 234 cm³/mol. The molecule has 0 spiro atoms. The van der Waals surface area contributed by atoms with E-state index in [2.05, 4.69) is 18.2 Å². The highest BCUT2D eigenvalue weighted by atomic mass is 31.2. The lowest BCUT2D eigenvalue weighted by molar-refractivity contribution is -0.162. The summed E-state index contributed by atoms with van der Waals surface area (Å²) in [6.45, 7) is 3.42. The summed E-state index contributed by atoms with van der Waals surface area (Å²) in [5.74, 6) is 0. The molecule has 0 unspecified atom stereocenters. The molecule has 0 aromatic rings. The van der Waals surface area contributed by atoms with Gasteiger partial charge >= 0.3 is 25.8 Å². The molecule has 0 aliphatic carbocycles. The second-order valence-electron chi connectivity index (χ2n) is 15.7. The Morgan fingerprint density at radius 2 is 0.518 bits per heavy atom. The fourth-order valence-corrected chi connectivity index (χ4v) is 7.77. The van der Waals surface area contributed by atoms with Crippen molar-refractivity contribution in [3.8, 4) is 0 Å². The molecule has 56 heavy (non-hydrogen) atoms. The van der Waals surface area contributed by atoms with Crippen LogP contribution < -0.4 is 0 Å². The Bertz CT molecular complexity index is 685. The second kappa shape index (κ2) is 46.9. The molecule has 0 aromatic carbocycles. The molecule has 11 N–H and O–H groups in total. The third kappa shape index (κ3) is 42.9. The van der Waals surface area contributed by atoms with Gasteiger partial charge in [-0.15, -0.1) is 0 Å². The molecule has 0 heterocycles. The van der Waals surface area contributed by atoms with E-state index in [1.165, 1.54) is 180 Å². The van der Waals surface area contributed by atoms with Crippen molar-refractivity contribution in [3.63, 3.8) is 0 Å². The van der Waals surface area contributed by atoms with Gasteiger partial charge in [-0.05, 0) is 12.8 Å². The van der Waals surface area contributed by atoms with Crippen LogP contribution in [-0.4, -0.2) is 80.1 Å². The van der Waals surface area contributed by atoms with Crippen molar-refractivity contribution in [1.29, 1.82) is 0 Å². The molecule has 0 rings (SSSR count). The molecule has 0 atom stereocenters. The molecule has 0 bridgehead atoms. The smallest absolute Gasteiger partial charge is 0.334 e. The van der Waals surface area contributed by atoms with Crippen LogP contribution in [0.15, 0.2) is 0 Å². The first-order chi connectivity index (χ1) is 26.9. The van der Waals surface area contributed by atoms with Crippen molar-refractivity contribution >= 4 is 25.8 Å². The van der Waals surface area contributed by atoms with Crippen molar-refractivity contribution in [2.24, 2.45) is 5.41 Å². The molecule has 0 radical (unpaired) electrons. The van der Waals surface area contributed by atoms with E-state index in [0.29, 0.717) is 12.8 Å². The zero-order valence-electron chi connectivity index (χ0n) is 35.8. The van der Waals surface area contributed by atoms with E-state index < -0.39 is 36.8 Å². The van der Waals surface area contributed by atoms with E-state index in [4.69, 9.17) is 34.3 Å². The maximum absolute atomic E-state index is 11.7. The number of rotatable bonds is 40. The van der Waals surface area contributed by atoms with Crippen LogP contribution in [0.3, 0.4) is 0 Å². The van der Waals surface area contributed by atoms with Crippen LogP contribution in [0.25, 0.3) is 0 Å². The van der Waals surface area contributed by atoms with Gasteiger partial charge in [0.25, 0.3) is 0 Å². The van der Waals surface area contributed by atoms with Gasteiger partial charge in [0, 0.05) is 0 Å². The van der Waals surface area contributed by atoms with Crippen molar-refractivity contribution in [2.75, 3.05) is 19.8 Å². The van der Waals surface area contributed by atoms with Gasteiger partial charge < -0.3 is 54.7 Å². The van der Waals surface area contributed by atoms with Gasteiger partial charge in [-0.2, -0.15) is 0 Å². The molecule has 0 aliphatic heterocycles. The molecule has 0 aliphatic rings. The minimum atomic E-state index is -2.62. The summed E-state index contributed by atoms with van der Waals surface area (Å²) in [7, 11) is -7.84. The van der Waals surface area contributed by atoms with E-state index >= 15 is 0 Å². The lowest BCUT2D eigenvalue weighted by atomic mass is 9.68. The molecular weight excluding hydrogens is 777 g/mol. The van der Waals surface area contributed by atoms with Gasteiger partial charge in [0.15, 0.2) is 0 Å². The second-order valence-corrected chi connectivity index (χ2v) is 17.9. The summed E-state index contributed by atoms with van der Waals surface area (Å²) >= 11 is 0. The average molecular weight is 869 g/mol. The van der Waals surface area contributed by atoms with Crippen molar-refractivity contribution in [2.45, 2.75) is 238 Å². The van der Waals surface area contributed by atoms with E-state index in [0.717, 1.165) is 25.7 Å². The van der Waals surface area contributed by atoms with Crippen molar-refractivity contribution in [3.05, 3.63) is 0 Å². The molecule has 15 heteroatoms. The summed E-state index contributed by atoms with van der Waals surface area (Å²) < 4.78 is 3.60. The van der Waals surface area contributed by atoms with Crippen molar-refractivity contribution < 1.29 is 59.0 Å². The monoisotopic (exact) mass is 869 g/mol. The minimum Gasteiger partial charge on any atom is -0.395 e. The number of hydrogen-bond donors (Lipinski definition) is 11. The molecule has 12 nitrogen and oxygen atoms in total. The van der Waals surface area contributed by atoms with Gasteiger partial charge in [0.2, 0.25) is 0 Å². The Morgan fingerprint density at radius 1 is 0.339 bits per heavy atom. The number of hydrogen-bond acceptors (Lipinski definition) is 12. The predicted octanol–water partition coefficient (Wildman–Crippen LogP) is 10.6. The Labute approximate surface area is 346 Å². The van der Waals surface area contributed by atoms with Gasteiger partial charge in [-0.3, -0.25) is 0 Å². The Morgan fingerprint density at radius 3 is 0.661 bits per heavy atom. The van der Waals surface area contributed by atoms with Crippen LogP contribution in [-0.2, 0) is 4.31 Å². The molecule has 0 saturated heterocycles. The van der Waals surface area contributed by atoms with Crippen LogP contribution in [0.5, 0.6) is 0 Å². The zero-order valence-corrected chi connectivity index (χ0v) is 38.5. The normalized spacial score (nSPS) is 12.0. The molecule has 0 saturated carbocycles. The quantitative estimate of drug-likeness (QED) is 0.0204. The Balaban J connectivity index is -0.00000222. The number of aliphatic hydroxyl groups excluding tert-OH is 3. The van der Waals surface area contributed by atoms with Gasteiger partial charge in [0.1, 0.15) is 0 Å². The Kier molecular flexibility index (Phi) is 51.1. The van der Waals surface area contributed by atoms with Gasteiger partial charge in [0.05, 0.1) is 30.8 Å². The first-order valence-corrected chi connectivity index (χ1v) is 25.9. The van der Waals surface area contributed by atoms with E-state index in [1.54, 1.807) is 0 Å². The third-order valence-corrected chi connectivity index (χ3v) is 12.1. The maximum atomic E-state index is 11.7. The summed E-state index contributed by atoms with van der Waals surface area (Å²) in [6, 6.07) is 0. The topological polar surface area (TPSA) is 232 Å². The van der Waals surface area contributed by atoms with Crippen LogP contribution >= 0.6 is 25.8 Å². The highest BCUT2D eigenvalue weighted by molar-refractivity contribution is 7.53. The average Bonchev–Trinajstić information content (AvgIpc) is 3.15. The van der Waals surface area contributed by atoms with Crippen LogP contribution in [0.4, 0.5) is 0 Å². The minimum absolute atomic E-state index is 0.381. The fourth-order valence-electron chi connectivity index (χ4n) is 7.24. The van der Waals surface area contributed by atoms with Crippen LogP contribution in [0.1, 0.15) is 232 Å². The zero-order chi connectivity index (χ0) is 42.6. The molecule has 0 amide bonds. The Hall–Kier alpha value is 0.810.